The highest BCUT2D eigenvalue weighted by atomic mass is 16.5. The predicted molar refractivity (Wildman–Crippen MR) is 77.1 cm³/mol. The number of benzene rings is 1. The molecule has 2 rings (SSSR count). The first-order valence-electron chi connectivity index (χ1n) is 6.63. The number of amides is 2. The second kappa shape index (κ2) is 6.45. The molecule has 1 aromatic rings. The second-order valence-corrected chi connectivity index (χ2v) is 4.63. The molecule has 7 heteroatoms. The molecule has 21 heavy (non-hydrogen) atoms. The fraction of sp³-hybridized carbons (Fsp3) is 0.429. The number of nitrogens with two attached hydrogens (primary N) is 1. The Bertz CT molecular complexity index is 547. The van der Waals surface area contributed by atoms with Crippen molar-refractivity contribution in [2.45, 2.75) is 6.04 Å². The van der Waals surface area contributed by atoms with Crippen LogP contribution in [0.3, 0.4) is 0 Å². The number of morpholine rings is 1. The van der Waals surface area contributed by atoms with Crippen LogP contribution >= 0.6 is 0 Å². The number of hydrogen-bond donors (Lipinski definition) is 2. The summed E-state index contributed by atoms with van der Waals surface area (Å²) in [6, 6.07) is 4.34. The summed E-state index contributed by atoms with van der Waals surface area (Å²) >= 11 is 0. The van der Waals surface area contributed by atoms with Gasteiger partial charge in [-0.05, 0) is 12.1 Å². The molecule has 1 aromatic carbocycles. The van der Waals surface area contributed by atoms with Crippen LogP contribution in [-0.4, -0.2) is 56.7 Å². The molecule has 1 unspecified atom stereocenters. The molecule has 114 valence electrons. The highest BCUT2D eigenvalue weighted by Crippen LogP contribution is 2.27. The van der Waals surface area contributed by atoms with Crippen LogP contribution < -0.4 is 15.8 Å². The minimum Gasteiger partial charge on any atom is -0.496 e. The number of carbonyl (C=O) groups is 2. The van der Waals surface area contributed by atoms with Crippen molar-refractivity contribution in [2.24, 2.45) is 0 Å². The van der Waals surface area contributed by atoms with Crippen LogP contribution in [0.15, 0.2) is 18.2 Å². The predicted octanol–water partition coefficient (Wildman–Crippen LogP) is -0.136. The summed E-state index contributed by atoms with van der Waals surface area (Å²) in [6.07, 6.45) is 0. The Morgan fingerprint density at radius 1 is 1.48 bits per heavy atom. The quantitative estimate of drug-likeness (QED) is 0.757. The summed E-state index contributed by atoms with van der Waals surface area (Å²) in [5.74, 6) is -0.208. The Hall–Kier alpha value is -2.28. The molecule has 7 nitrogen and oxygen atoms in total. The number of likely N-dealkylation sites (N-methyl/N-ethyl adjacent to an activating group) is 1. The van der Waals surface area contributed by atoms with Gasteiger partial charge in [-0.1, -0.05) is 6.07 Å². The highest BCUT2D eigenvalue weighted by Gasteiger charge is 2.34. The van der Waals surface area contributed by atoms with Crippen LogP contribution in [0.4, 0.5) is 5.69 Å². The van der Waals surface area contributed by atoms with E-state index in [1.54, 1.807) is 18.2 Å². The average molecular weight is 293 g/mol. The van der Waals surface area contributed by atoms with E-state index in [1.165, 1.54) is 19.1 Å². The minimum atomic E-state index is -0.666. The summed E-state index contributed by atoms with van der Waals surface area (Å²) < 4.78 is 10.5. The normalized spacial score (nSPS) is 18.2. The standard InChI is InChI=1S/C14H19N3O4/c1-16-13(18)10-8-21-7-6-17(10)14(19)12-9(15)4-3-5-11(12)20-2/h3-5,10H,6-8,15H2,1-2H3,(H,16,18). The number of carbonyl (C=O) groups excluding carboxylic acids is 2. The molecule has 1 heterocycles. The van der Waals surface area contributed by atoms with Gasteiger partial charge in [-0.15, -0.1) is 0 Å². The number of methoxy groups -OCH3 is 1. The van der Waals surface area contributed by atoms with Crippen molar-refractivity contribution in [3.8, 4) is 5.75 Å². The maximum Gasteiger partial charge on any atom is 0.260 e. The maximum atomic E-state index is 12.8. The van der Waals surface area contributed by atoms with Crippen molar-refractivity contribution in [3.05, 3.63) is 23.8 Å². The minimum absolute atomic E-state index is 0.167. The molecule has 0 bridgehead atoms. The number of rotatable bonds is 3. The van der Waals surface area contributed by atoms with E-state index in [2.05, 4.69) is 5.32 Å². The lowest BCUT2D eigenvalue weighted by molar-refractivity contribution is -0.130. The highest BCUT2D eigenvalue weighted by molar-refractivity contribution is 6.03. The Morgan fingerprint density at radius 3 is 2.90 bits per heavy atom. The summed E-state index contributed by atoms with van der Waals surface area (Å²) in [5, 5.41) is 2.54. The molecule has 0 spiro atoms. The molecular formula is C14H19N3O4. The molecule has 0 radical (unpaired) electrons. The van der Waals surface area contributed by atoms with Gasteiger partial charge in [0.05, 0.1) is 20.3 Å². The van der Waals surface area contributed by atoms with Gasteiger partial charge in [-0.3, -0.25) is 9.59 Å². The molecule has 1 aliphatic heterocycles. The average Bonchev–Trinajstić information content (AvgIpc) is 2.53. The molecule has 3 N–H and O–H groups in total. The van der Waals surface area contributed by atoms with Gasteiger partial charge >= 0.3 is 0 Å². The van der Waals surface area contributed by atoms with E-state index in [4.69, 9.17) is 15.2 Å². The van der Waals surface area contributed by atoms with Crippen LogP contribution in [0.1, 0.15) is 10.4 Å². The van der Waals surface area contributed by atoms with Gasteiger partial charge in [0.15, 0.2) is 0 Å². The molecule has 0 aliphatic carbocycles. The van der Waals surface area contributed by atoms with E-state index in [9.17, 15) is 9.59 Å². The molecule has 2 amide bonds. The lowest BCUT2D eigenvalue weighted by Gasteiger charge is -2.34. The molecule has 0 aromatic heterocycles. The number of nitrogens with zero attached hydrogens (tertiary/aromatic N) is 1. The number of nitrogens with one attached hydrogen (secondary N) is 1. The number of anilines is 1. The summed E-state index contributed by atoms with van der Waals surface area (Å²) in [4.78, 5) is 26.1. The lowest BCUT2D eigenvalue weighted by Crippen LogP contribution is -2.55. The van der Waals surface area contributed by atoms with E-state index in [0.29, 0.717) is 24.6 Å². The van der Waals surface area contributed by atoms with Crippen molar-refractivity contribution < 1.29 is 19.1 Å². The first-order chi connectivity index (χ1) is 10.1. The number of ether oxygens (including phenoxy) is 2. The molecule has 1 fully saturated rings. The van der Waals surface area contributed by atoms with Crippen molar-refractivity contribution in [2.75, 3.05) is 39.6 Å². The SMILES string of the molecule is CNC(=O)C1COCCN1C(=O)c1c(N)cccc1OC. The fourth-order valence-corrected chi connectivity index (χ4v) is 2.32. The van der Waals surface area contributed by atoms with E-state index >= 15 is 0 Å². The van der Waals surface area contributed by atoms with Crippen molar-refractivity contribution in [3.63, 3.8) is 0 Å². The van der Waals surface area contributed by atoms with Gasteiger partial charge in [0.1, 0.15) is 17.4 Å². The van der Waals surface area contributed by atoms with E-state index in [0.717, 1.165) is 0 Å². The van der Waals surface area contributed by atoms with Crippen LogP contribution in [0.25, 0.3) is 0 Å². The monoisotopic (exact) mass is 293 g/mol. The van der Waals surface area contributed by atoms with Crippen LogP contribution in [0.5, 0.6) is 5.75 Å². The van der Waals surface area contributed by atoms with E-state index < -0.39 is 6.04 Å². The largest absolute Gasteiger partial charge is 0.496 e. The number of hydrogen-bond acceptors (Lipinski definition) is 5. The molecule has 1 saturated heterocycles. The first-order valence-corrected chi connectivity index (χ1v) is 6.63. The zero-order chi connectivity index (χ0) is 15.4. The van der Waals surface area contributed by atoms with E-state index in [-0.39, 0.29) is 24.0 Å². The van der Waals surface area contributed by atoms with Crippen LogP contribution in [-0.2, 0) is 9.53 Å². The summed E-state index contributed by atoms with van der Waals surface area (Å²) in [7, 11) is 3.00. The summed E-state index contributed by atoms with van der Waals surface area (Å²) in [6.45, 7) is 0.878. The zero-order valence-electron chi connectivity index (χ0n) is 12.1. The zero-order valence-corrected chi connectivity index (χ0v) is 12.1. The van der Waals surface area contributed by atoms with E-state index in [1.807, 2.05) is 0 Å². The van der Waals surface area contributed by atoms with Crippen LogP contribution in [0.2, 0.25) is 0 Å². The molecule has 1 aliphatic rings. The maximum absolute atomic E-state index is 12.8. The number of nitrogen functional groups attached to an aromatic ring is 1. The van der Waals surface area contributed by atoms with Crippen molar-refractivity contribution in [1.82, 2.24) is 10.2 Å². The third-order valence-electron chi connectivity index (χ3n) is 3.43. The van der Waals surface area contributed by atoms with Gasteiger partial charge in [-0.2, -0.15) is 0 Å². The van der Waals surface area contributed by atoms with Gasteiger partial charge < -0.3 is 25.4 Å². The Kier molecular flexibility index (Phi) is 4.64. The van der Waals surface area contributed by atoms with Crippen molar-refractivity contribution >= 4 is 17.5 Å². The molecular weight excluding hydrogens is 274 g/mol. The van der Waals surface area contributed by atoms with Gasteiger partial charge in [-0.25, -0.2) is 0 Å². The second-order valence-electron chi connectivity index (χ2n) is 4.63. The smallest absolute Gasteiger partial charge is 0.260 e. The Morgan fingerprint density at radius 2 is 2.24 bits per heavy atom. The van der Waals surface area contributed by atoms with Crippen LogP contribution in [0, 0.1) is 0 Å². The third-order valence-corrected chi connectivity index (χ3v) is 3.43. The van der Waals surface area contributed by atoms with Gasteiger partial charge in [0.25, 0.3) is 5.91 Å². The first kappa shape index (κ1) is 15.1. The fourth-order valence-electron chi connectivity index (χ4n) is 2.32. The Balaban J connectivity index is 2.35. The Labute approximate surface area is 123 Å². The van der Waals surface area contributed by atoms with Crippen molar-refractivity contribution in [1.29, 1.82) is 0 Å². The summed E-state index contributed by atoms with van der Waals surface area (Å²) in [5.41, 5.74) is 6.49. The lowest BCUT2D eigenvalue weighted by atomic mass is 10.1. The molecule has 1 atom stereocenters. The molecule has 0 saturated carbocycles. The van der Waals surface area contributed by atoms with Gasteiger partial charge in [0.2, 0.25) is 5.91 Å². The topological polar surface area (TPSA) is 93.9 Å². The third kappa shape index (κ3) is 2.92. The van der Waals surface area contributed by atoms with Gasteiger partial charge in [0, 0.05) is 19.3 Å².